The molecular weight excluding hydrogens is 263 g/mol. The van der Waals surface area contributed by atoms with Crippen LogP contribution in [-0.4, -0.2) is 24.0 Å². The Kier molecular flexibility index (Phi) is 4.32. The van der Waals surface area contributed by atoms with E-state index in [1.54, 1.807) is 12.1 Å². The molecule has 1 aliphatic heterocycles. The van der Waals surface area contributed by atoms with E-state index in [1.807, 2.05) is 18.2 Å². The largest absolute Gasteiger partial charge is 0.311 e. The predicted octanol–water partition coefficient (Wildman–Crippen LogP) is 3.36. The molecule has 0 spiro atoms. The van der Waals surface area contributed by atoms with Crippen LogP contribution in [0.15, 0.2) is 54.6 Å². The Bertz CT molecular complexity index is 585. The summed E-state index contributed by atoms with van der Waals surface area (Å²) >= 11 is 0. The molecule has 1 heterocycles. The molecule has 0 bridgehead atoms. The van der Waals surface area contributed by atoms with Gasteiger partial charge in [-0.2, -0.15) is 0 Å². The average molecular weight is 284 g/mol. The van der Waals surface area contributed by atoms with Crippen LogP contribution in [0.25, 0.3) is 0 Å². The van der Waals surface area contributed by atoms with Crippen LogP contribution in [0.4, 0.5) is 4.39 Å². The lowest BCUT2D eigenvalue weighted by Gasteiger charge is -2.39. The van der Waals surface area contributed by atoms with E-state index in [-0.39, 0.29) is 5.82 Å². The number of hydrogen-bond acceptors (Lipinski definition) is 2. The van der Waals surface area contributed by atoms with Gasteiger partial charge in [0.2, 0.25) is 0 Å². The van der Waals surface area contributed by atoms with Gasteiger partial charge in [-0.05, 0) is 18.6 Å². The zero-order valence-electron chi connectivity index (χ0n) is 12.3. The highest BCUT2D eigenvalue weighted by atomic mass is 19.1. The Balaban J connectivity index is 1.84. The third-order valence-corrected chi connectivity index (χ3v) is 4.12. The van der Waals surface area contributed by atoms with Crippen molar-refractivity contribution in [2.75, 3.05) is 13.1 Å². The molecule has 3 rings (SSSR count). The lowest BCUT2D eigenvalue weighted by Crippen LogP contribution is -2.50. The second-order valence-corrected chi connectivity index (χ2v) is 5.76. The van der Waals surface area contributed by atoms with Gasteiger partial charge in [0.15, 0.2) is 0 Å². The molecule has 2 atom stereocenters. The van der Waals surface area contributed by atoms with E-state index in [0.717, 1.165) is 18.7 Å². The van der Waals surface area contributed by atoms with Gasteiger partial charge in [0.05, 0.1) is 0 Å². The second kappa shape index (κ2) is 6.37. The monoisotopic (exact) mass is 284 g/mol. The molecule has 110 valence electrons. The molecule has 0 amide bonds. The zero-order chi connectivity index (χ0) is 14.7. The molecular formula is C18H21FN2. The maximum Gasteiger partial charge on any atom is 0.127 e. The van der Waals surface area contributed by atoms with E-state index in [9.17, 15) is 4.39 Å². The molecule has 1 saturated heterocycles. The highest BCUT2D eigenvalue weighted by molar-refractivity contribution is 5.22. The van der Waals surface area contributed by atoms with Crippen LogP contribution in [0.2, 0.25) is 0 Å². The van der Waals surface area contributed by atoms with Gasteiger partial charge in [-0.15, -0.1) is 0 Å². The molecule has 1 aliphatic rings. The molecule has 1 fully saturated rings. The van der Waals surface area contributed by atoms with Gasteiger partial charge in [-0.3, -0.25) is 4.90 Å². The van der Waals surface area contributed by atoms with Gasteiger partial charge in [-0.25, -0.2) is 4.39 Å². The van der Waals surface area contributed by atoms with E-state index in [0.29, 0.717) is 18.6 Å². The quantitative estimate of drug-likeness (QED) is 0.929. The van der Waals surface area contributed by atoms with Crippen LogP contribution >= 0.6 is 0 Å². The predicted molar refractivity (Wildman–Crippen MR) is 83.5 cm³/mol. The SMILES string of the molecule is CC1CN(Cc2ccccc2F)C(c2ccccc2)CN1. The summed E-state index contributed by atoms with van der Waals surface area (Å²) < 4.78 is 13.9. The van der Waals surface area contributed by atoms with Crippen LogP contribution in [0.3, 0.4) is 0 Å². The van der Waals surface area contributed by atoms with Gasteiger partial charge in [0.1, 0.15) is 5.82 Å². The van der Waals surface area contributed by atoms with E-state index in [1.165, 1.54) is 5.56 Å². The number of benzene rings is 2. The van der Waals surface area contributed by atoms with Crippen LogP contribution in [-0.2, 0) is 6.54 Å². The maximum atomic E-state index is 13.9. The summed E-state index contributed by atoms with van der Waals surface area (Å²) in [6.07, 6.45) is 0. The van der Waals surface area contributed by atoms with E-state index in [2.05, 4.69) is 41.4 Å². The standard InChI is InChI=1S/C18H21FN2/c1-14-12-21(13-16-9-5-6-10-17(16)19)18(11-20-14)15-7-3-2-4-8-15/h2-10,14,18,20H,11-13H2,1H3. The number of nitrogens with zero attached hydrogens (tertiary/aromatic N) is 1. The molecule has 2 nitrogen and oxygen atoms in total. The van der Waals surface area contributed by atoms with Crippen molar-refractivity contribution in [1.82, 2.24) is 10.2 Å². The van der Waals surface area contributed by atoms with Crippen molar-refractivity contribution in [3.8, 4) is 0 Å². The molecule has 2 unspecified atom stereocenters. The second-order valence-electron chi connectivity index (χ2n) is 5.76. The van der Waals surface area contributed by atoms with Crippen molar-refractivity contribution in [2.24, 2.45) is 0 Å². The minimum Gasteiger partial charge on any atom is -0.311 e. The van der Waals surface area contributed by atoms with E-state index < -0.39 is 0 Å². The van der Waals surface area contributed by atoms with Crippen molar-refractivity contribution < 1.29 is 4.39 Å². The molecule has 1 N–H and O–H groups in total. The maximum absolute atomic E-state index is 13.9. The number of halogens is 1. The third kappa shape index (κ3) is 3.31. The minimum absolute atomic E-state index is 0.115. The van der Waals surface area contributed by atoms with Gasteiger partial charge in [-0.1, -0.05) is 48.5 Å². The normalized spacial score (nSPS) is 23.1. The van der Waals surface area contributed by atoms with Crippen molar-refractivity contribution >= 4 is 0 Å². The molecule has 2 aromatic rings. The van der Waals surface area contributed by atoms with Crippen LogP contribution in [0.1, 0.15) is 24.1 Å². The molecule has 0 saturated carbocycles. The van der Waals surface area contributed by atoms with Crippen molar-refractivity contribution in [3.63, 3.8) is 0 Å². The first-order chi connectivity index (χ1) is 10.2. The third-order valence-electron chi connectivity index (χ3n) is 4.12. The smallest absolute Gasteiger partial charge is 0.127 e. The zero-order valence-corrected chi connectivity index (χ0v) is 12.3. The molecule has 0 aliphatic carbocycles. The van der Waals surface area contributed by atoms with E-state index in [4.69, 9.17) is 0 Å². The van der Waals surface area contributed by atoms with Crippen LogP contribution in [0.5, 0.6) is 0 Å². The lowest BCUT2D eigenvalue weighted by atomic mass is 10.0. The van der Waals surface area contributed by atoms with Crippen molar-refractivity contribution in [1.29, 1.82) is 0 Å². The molecule has 21 heavy (non-hydrogen) atoms. The number of piperazine rings is 1. The molecule has 2 aromatic carbocycles. The summed E-state index contributed by atoms with van der Waals surface area (Å²) in [5, 5.41) is 3.53. The highest BCUT2D eigenvalue weighted by Gasteiger charge is 2.27. The van der Waals surface area contributed by atoms with Gasteiger partial charge >= 0.3 is 0 Å². The number of rotatable bonds is 3. The van der Waals surface area contributed by atoms with Gasteiger partial charge in [0.25, 0.3) is 0 Å². The first-order valence-electron chi connectivity index (χ1n) is 7.50. The van der Waals surface area contributed by atoms with Crippen molar-refractivity contribution in [2.45, 2.75) is 25.6 Å². The Morgan fingerprint density at radius 3 is 2.57 bits per heavy atom. The summed E-state index contributed by atoms with van der Waals surface area (Å²) in [7, 11) is 0. The summed E-state index contributed by atoms with van der Waals surface area (Å²) in [6, 6.07) is 18.2. The van der Waals surface area contributed by atoms with Crippen LogP contribution < -0.4 is 5.32 Å². The first kappa shape index (κ1) is 14.2. The summed E-state index contributed by atoms with van der Waals surface area (Å²) in [6.45, 7) is 4.65. The first-order valence-corrected chi connectivity index (χ1v) is 7.50. The Labute approximate surface area is 125 Å². The number of hydrogen-bond donors (Lipinski definition) is 1. The molecule has 0 radical (unpaired) electrons. The fourth-order valence-electron chi connectivity index (χ4n) is 3.01. The van der Waals surface area contributed by atoms with Crippen LogP contribution in [0, 0.1) is 5.82 Å². The minimum atomic E-state index is -0.115. The Morgan fingerprint density at radius 1 is 1.10 bits per heavy atom. The highest BCUT2D eigenvalue weighted by Crippen LogP contribution is 2.26. The van der Waals surface area contributed by atoms with Crippen molar-refractivity contribution in [3.05, 3.63) is 71.5 Å². The summed E-state index contributed by atoms with van der Waals surface area (Å²) in [5.41, 5.74) is 2.06. The summed E-state index contributed by atoms with van der Waals surface area (Å²) in [4.78, 5) is 2.37. The Hall–Kier alpha value is -1.71. The molecule has 0 aromatic heterocycles. The summed E-state index contributed by atoms with van der Waals surface area (Å²) in [5.74, 6) is -0.115. The average Bonchev–Trinajstić information content (AvgIpc) is 2.51. The topological polar surface area (TPSA) is 15.3 Å². The van der Waals surface area contributed by atoms with E-state index >= 15 is 0 Å². The fraction of sp³-hybridized carbons (Fsp3) is 0.333. The van der Waals surface area contributed by atoms with Gasteiger partial charge in [0, 0.05) is 37.3 Å². The van der Waals surface area contributed by atoms with Gasteiger partial charge < -0.3 is 5.32 Å². The lowest BCUT2D eigenvalue weighted by molar-refractivity contribution is 0.126. The Morgan fingerprint density at radius 2 is 1.81 bits per heavy atom. The number of nitrogens with one attached hydrogen (secondary N) is 1. The molecule has 3 heteroatoms. The fourth-order valence-corrected chi connectivity index (χ4v) is 3.01.